The molecule has 0 N–H and O–H groups in total. The fourth-order valence-electron chi connectivity index (χ4n) is 3.40. The molecule has 0 aliphatic carbocycles. The molecular weight excluding hydrogens is 274 g/mol. The highest BCUT2D eigenvalue weighted by atomic mass is 16.5. The van der Waals surface area contributed by atoms with Gasteiger partial charge in [0.15, 0.2) is 0 Å². The van der Waals surface area contributed by atoms with E-state index < -0.39 is 5.54 Å². The first-order chi connectivity index (χ1) is 10.7. The van der Waals surface area contributed by atoms with E-state index in [1.165, 1.54) is 18.2 Å². The predicted molar refractivity (Wildman–Crippen MR) is 87.8 cm³/mol. The largest absolute Gasteiger partial charge is 0.467 e. The average molecular weight is 295 g/mol. The van der Waals surface area contributed by atoms with E-state index in [0.717, 1.165) is 12.1 Å². The Kier molecular flexibility index (Phi) is 3.88. The molecule has 1 heterocycles. The summed E-state index contributed by atoms with van der Waals surface area (Å²) in [6.07, 6.45) is 1.43. The number of benzene rings is 2. The van der Waals surface area contributed by atoms with Crippen molar-refractivity contribution in [2.24, 2.45) is 0 Å². The quantitative estimate of drug-likeness (QED) is 0.808. The van der Waals surface area contributed by atoms with Gasteiger partial charge in [-0.05, 0) is 23.6 Å². The lowest BCUT2D eigenvalue weighted by Crippen LogP contribution is -2.53. The van der Waals surface area contributed by atoms with E-state index >= 15 is 0 Å². The molecule has 0 amide bonds. The Balaban J connectivity index is 2.05. The number of fused-ring (bicyclic) bond motifs is 1. The topological polar surface area (TPSA) is 29.5 Å². The molecule has 1 unspecified atom stereocenters. The maximum absolute atomic E-state index is 12.6. The Bertz CT molecular complexity index is 668. The van der Waals surface area contributed by atoms with Gasteiger partial charge in [-0.1, -0.05) is 55.5 Å². The third kappa shape index (κ3) is 2.27. The lowest BCUT2D eigenvalue weighted by Gasteiger charge is -2.37. The minimum Gasteiger partial charge on any atom is -0.467 e. The van der Waals surface area contributed by atoms with Crippen molar-refractivity contribution in [3.05, 3.63) is 65.7 Å². The summed E-state index contributed by atoms with van der Waals surface area (Å²) in [6, 6.07) is 18.5. The van der Waals surface area contributed by atoms with Crippen LogP contribution in [0.3, 0.4) is 0 Å². The number of rotatable bonds is 4. The first kappa shape index (κ1) is 14.6. The van der Waals surface area contributed by atoms with Crippen LogP contribution in [-0.4, -0.2) is 18.6 Å². The van der Waals surface area contributed by atoms with E-state index in [9.17, 15) is 4.79 Å². The Hall–Kier alpha value is -2.29. The van der Waals surface area contributed by atoms with Gasteiger partial charge in [0.2, 0.25) is 0 Å². The van der Waals surface area contributed by atoms with Crippen molar-refractivity contribution in [3.8, 4) is 0 Å². The van der Waals surface area contributed by atoms with Crippen LogP contribution in [0.1, 0.15) is 24.5 Å². The highest BCUT2D eigenvalue weighted by Gasteiger charge is 2.49. The van der Waals surface area contributed by atoms with Crippen LogP contribution in [0.25, 0.3) is 0 Å². The number of nitrogens with zero attached hydrogens (tertiary/aromatic N) is 1. The maximum Gasteiger partial charge on any atom is 0.332 e. The molecule has 2 aromatic carbocycles. The minimum atomic E-state index is -0.603. The molecule has 3 rings (SSSR count). The van der Waals surface area contributed by atoms with Crippen molar-refractivity contribution in [1.82, 2.24) is 0 Å². The molecule has 1 aliphatic rings. The van der Waals surface area contributed by atoms with Crippen LogP contribution in [0.4, 0.5) is 5.69 Å². The summed E-state index contributed by atoms with van der Waals surface area (Å²) < 4.78 is 5.15. The number of hydrogen-bond donors (Lipinski definition) is 0. The second kappa shape index (κ2) is 5.84. The summed E-state index contributed by atoms with van der Waals surface area (Å²) in [4.78, 5) is 14.8. The van der Waals surface area contributed by atoms with Gasteiger partial charge in [0, 0.05) is 18.7 Å². The number of ether oxygens (including phenoxy) is 1. The Morgan fingerprint density at radius 2 is 1.82 bits per heavy atom. The van der Waals surface area contributed by atoms with Crippen molar-refractivity contribution < 1.29 is 9.53 Å². The van der Waals surface area contributed by atoms with Crippen molar-refractivity contribution in [2.75, 3.05) is 12.0 Å². The summed E-state index contributed by atoms with van der Waals surface area (Å²) in [5, 5.41) is 0. The zero-order valence-electron chi connectivity index (χ0n) is 13.1. The van der Waals surface area contributed by atoms with E-state index in [1.54, 1.807) is 0 Å². The van der Waals surface area contributed by atoms with Gasteiger partial charge in [0.25, 0.3) is 0 Å². The number of methoxy groups -OCH3 is 1. The fourth-order valence-corrected chi connectivity index (χ4v) is 3.40. The van der Waals surface area contributed by atoms with Gasteiger partial charge in [-0.25, -0.2) is 4.79 Å². The molecule has 0 radical (unpaired) electrons. The lowest BCUT2D eigenvalue weighted by molar-refractivity contribution is -0.147. The van der Waals surface area contributed by atoms with Crippen LogP contribution in [-0.2, 0) is 22.5 Å². The number of hydrogen-bond acceptors (Lipinski definition) is 3. The van der Waals surface area contributed by atoms with E-state index in [-0.39, 0.29) is 5.97 Å². The molecule has 0 saturated heterocycles. The monoisotopic (exact) mass is 295 g/mol. The number of anilines is 1. The third-order valence-electron chi connectivity index (χ3n) is 4.62. The normalized spacial score (nSPS) is 19.8. The second-order valence-electron chi connectivity index (χ2n) is 5.75. The molecule has 0 bridgehead atoms. The fraction of sp³-hybridized carbons (Fsp3) is 0.316. The van der Waals surface area contributed by atoms with Gasteiger partial charge in [-0.2, -0.15) is 0 Å². The van der Waals surface area contributed by atoms with E-state index in [2.05, 4.69) is 36.1 Å². The number of carbonyl (C=O) groups excluding carboxylic acids is 1. The van der Waals surface area contributed by atoms with Gasteiger partial charge in [0.05, 0.1) is 7.11 Å². The Morgan fingerprint density at radius 3 is 2.50 bits per heavy atom. The summed E-state index contributed by atoms with van der Waals surface area (Å²) in [6.45, 7) is 2.77. The molecule has 0 spiro atoms. The lowest BCUT2D eigenvalue weighted by atomic mass is 9.90. The average Bonchev–Trinajstić information content (AvgIpc) is 2.90. The first-order valence-electron chi connectivity index (χ1n) is 7.69. The van der Waals surface area contributed by atoms with Crippen LogP contribution in [0, 0.1) is 0 Å². The molecule has 0 fully saturated rings. The SMILES string of the molecule is CCC1(C(=O)OC)Cc2ccccc2N1Cc1ccccc1. The zero-order valence-corrected chi connectivity index (χ0v) is 13.1. The predicted octanol–water partition coefficient (Wildman–Crippen LogP) is 3.57. The van der Waals surface area contributed by atoms with Crippen LogP contribution in [0.15, 0.2) is 54.6 Å². The van der Waals surface area contributed by atoms with Gasteiger partial charge in [-0.15, -0.1) is 0 Å². The molecule has 3 nitrogen and oxygen atoms in total. The zero-order chi connectivity index (χ0) is 15.6. The van der Waals surface area contributed by atoms with E-state index in [1.807, 2.05) is 30.3 Å². The third-order valence-corrected chi connectivity index (χ3v) is 4.62. The Labute approximate surface area is 131 Å². The number of para-hydroxylation sites is 1. The molecule has 114 valence electrons. The molecule has 1 aliphatic heterocycles. The summed E-state index contributed by atoms with van der Waals surface area (Å²) in [5.74, 6) is -0.151. The first-order valence-corrected chi connectivity index (χ1v) is 7.69. The van der Waals surface area contributed by atoms with Crippen LogP contribution in [0.5, 0.6) is 0 Å². The minimum absolute atomic E-state index is 0.151. The van der Waals surface area contributed by atoms with Gasteiger partial charge in [0.1, 0.15) is 5.54 Å². The summed E-state index contributed by atoms with van der Waals surface area (Å²) in [5.41, 5.74) is 2.94. The molecule has 3 heteroatoms. The van der Waals surface area contributed by atoms with Crippen LogP contribution in [0.2, 0.25) is 0 Å². The van der Waals surface area contributed by atoms with Crippen molar-refractivity contribution in [2.45, 2.75) is 31.8 Å². The highest BCUT2D eigenvalue weighted by Crippen LogP contribution is 2.42. The molecule has 0 saturated carbocycles. The Morgan fingerprint density at radius 1 is 1.14 bits per heavy atom. The molecule has 22 heavy (non-hydrogen) atoms. The van der Waals surface area contributed by atoms with Gasteiger partial charge >= 0.3 is 5.97 Å². The van der Waals surface area contributed by atoms with E-state index in [4.69, 9.17) is 4.74 Å². The molecule has 0 aromatic heterocycles. The van der Waals surface area contributed by atoms with Crippen molar-refractivity contribution in [3.63, 3.8) is 0 Å². The summed E-state index contributed by atoms with van der Waals surface area (Å²) in [7, 11) is 1.48. The maximum atomic E-state index is 12.6. The number of esters is 1. The summed E-state index contributed by atoms with van der Waals surface area (Å²) >= 11 is 0. The standard InChI is InChI=1S/C19H21NO2/c1-3-19(18(21)22-2)13-16-11-7-8-12-17(16)20(19)14-15-9-5-4-6-10-15/h4-12H,3,13-14H2,1-2H3. The van der Waals surface area contributed by atoms with E-state index in [0.29, 0.717) is 13.0 Å². The smallest absolute Gasteiger partial charge is 0.332 e. The second-order valence-corrected chi connectivity index (χ2v) is 5.75. The van der Waals surface area contributed by atoms with Gasteiger partial charge < -0.3 is 9.64 Å². The highest BCUT2D eigenvalue weighted by molar-refractivity contribution is 5.89. The molecule has 1 atom stereocenters. The van der Waals surface area contributed by atoms with Crippen molar-refractivity contribution in [1.29, 1.82) is 0 Å². The van der Waals surface area contributed by atoms with Crippen LogP contribution >= 0.6 is 0 Å². The molecular formula is C19H21NO2. The van der Waals surface area contributed by atoms with Crippen molar-refractivity contribution >= 4 is 11.7 Å². The molecule has 2 aromatic rings. The van der Waals surface area contributed by atoms with Gasteiger partial charge in [-0.3, -0.25) is 0 Å². The number of carbonyl (C=O) groups is 1. The van der Waals surface area contributed by atoms with Crippen LogP contribution < -0.4 is 4.90 Å².